The summed E-state index contributed by atoms with van der Waals surface area (Å²) in [5, 5.41) is 10.5. The summed E-state index contributed by atoms with van der Waals surface area (Å²) in [6, 6.07) is 3.08. The van der Waals surface area contributed by atoms with Gasteiger partial charge in [0.25, 0.3) is 0 Å². The van der Waals surface area contributed by atoms with E-state index in [1.165, 1.54) is 7.11 Å². The molecule has 1 N–H and O–H groups in total. The number of nitrogens with zero attached hydrogens (tertiary/aromatic N) is 1. The first kappa shape index (κ1) is 17.8. The summed E-state index contributed by atoms with van der Waals surface area (Å²) < 4.78 is 10.5. The normalized spacial score (nSPS) is 17.3. The number of methoxy groups -OCH3 is 1. The van der Waals surface area contributed by atoms with Crippen molar-refractivity contribution < 1.29 is 19.1 Å². The van der Waals surface area contributed by atoms with E-state index in [1.54, 1.807) is 24.0 Å². The van der Waals surface area contributed by atoms with Crippen molar-refractivity contribution in [3.63, 3.8) is 0 Å². The molecule has 1 atom stereocenters. The second-order valence-corrected chi connectivity index (χ2v) is 6.63. The second kappa shape index (κ2) is 7.06. The third kappa shape index (κ3) is 3.24. The van der Waals surface area contributed by atoms with Gasteiger partial charge in [0, 0.05) is 18.0 Å². The van der Waals surface area contributed by atoms with Crippen LogP contribution in [0.3, 0.4) is 0 Å². The van der Waals surface area contributed by atoms with Crippen molar-refractivity contribution in [1.82, 2.24) is 4.90 Å². The van der Waals surface area contributed by atoms with Gasteiger partial charge in [-0.15, -0.1) is 0 Å². The highest BCUT2D eigenvalue weighted by Gasteiger charge is 2.29. The average Bonchev–Trinajstić information content (AvgIpc) is 3.07. The predicted octanol–water partition coefficient (Wildman–Crippen LogP) is 2.29. The molecule has 1 amide bonds. The lowest BCUT2D eigenvalue weighted by Gasteiger charge is -2.23. The van der Waals surface area contributed by atoms with Crippen LogP contribution in [0, 0.1) is 6.92 Å². The number of amides is 1. The Bertz CT molecular complexity index is 876. The Hall–Kier alpha value is -2.05. The highest BCUT2D eigenvalue weighted by atomic mass is 35.5. The Morgan fingerprint density at radius 3 is 2.92 bits per heavy atom. The molecular weight excluding hydrogens is 346 g/mol. The molecule has 7 heteroatoms. The Labute approximate surface area is 149 Å². The minimum absolute atomic E-state index is 0.0513. The molecule has 1 aliphatic heterocycles. The standard InChI is InChI=1S/C18H20ClNO5/c1-10-12-6-14(19)16(24-2)8-15(12)25-18(23)13(10)7-17(22)20-5-3-4-11(20)9-21/h6,8,11,21H,3-5,7,9H2,1-2H3/t11-/m1/s1. The van der Waals surface area contributed by atoms with Gasteiger partial charge < -0.3 is 19.2 Å². The number of benzene rings is 1. The first-order valence-corrected chi connectivity index (χ1v) is 8.54. The van der Waals surface area contributed by atoms with Gasteiger partial charge >= 0.3 is 5.63 Å². The molecule has 134 valence electrons. The van der Waals surface area contributed by atoms with Crippen LogP contribution in [-0.2, 0) is 11.2 Å². The van der Waals surface area contributed by atoms with Crippen molar-refractivity contribution in [3.05, 3.63) is 38.7 Å². The van der Waals surface area contributed by atoms with Gasteiger partial charge in [0.1, 0.15) is 11.3 Å². The van der Waals surface area contributed by atoms with Gasteiger partial charge in [0.15, 0.2) is 0 Å². The fourth-order valence-electron chi connectivity index (χ4n) is 3.36. The predicted molar refractivity (Wildman–Crippen MR) is 94.3 cm³/mol. The van der Waals surface area contributed by atoms with Crippen LogP contribution in [0.25, 0.3) is 11.0 Å². The minimum atomic E-state index is -0.539. The summed E-state index contributed by atoms with van der Waals surface area (Å²) in [7, 11) is 1.48. The van der Waals surface area contributed by atoms with E-state index in [0.29, 0.717) is 39.4 Å². The Kier molecular flexibility index (Phi) is 5.01. The monoisotopic (exact) mass is 365 g/mol. The highest BCUT2D eigenvalue weighted by molar-refractivity contribution is 6.32. The molecule has 2 aromatic rings. The minimum Gasteiger partial charge on any atom is -0.495 e. The Balaban J connectivity index is 1.99. The zero-order valence-electron chi connectivity index (χ0n) is 14.2. The van der Waals surface area contributed by atoms with Crippen LogP contribution in [0.5, 0.6) is 5.75 Å². The van der Waals surface area contributed by atoms with Crippen molar-refractivity contribution in [3.8, 4) is 5.75 Å². The van der Waals surface area contributed by atoms with Crippen molar-refractivity contribution in [1.29, 1.82) is 0 Å². The second-order valence-electron chi connectivity index (χ2n) is 6.22. The maximum atomic E-state index is 12.6. The van der Waals surface area contributed by atoms with Crippen LogP contribution >= 0.6 is 11.6 Å². The number of carbonyl (C=O) groups excluding carboxylic acids is 1. The molecule has 0 bridgehead atoms. The number of aryl methyl sites for hydroxylation is 1. The molecule has 1 saturated heterocycles. The molecule has 1 fully saturated rings. The summed E-state index contributed by atoms with van der Waals surface area (Å²) >= 11 is 6.17. The number of hydrogen-bond acceptors (Lipinski definition) is 5. The van der Waals surface area contributed by atoms with E-state index >= 15 is 0 Å². The van der Waals surface area contributed by atoms with Gasteiger partial charge in [0.05, 0.1) is 36.8 Å². The van der Waals surface area contributed by atoms with Crippen molar-refractivity contribution in [2.45, 2.75) is 32.2 Å². The van der Waals surface area contributed by atoms with Gasteiger partial charge in [-0.1, -0.05) is 11.6 Å². The van der Waals surface area contributed by atoms with E-state index < -0.39 is 5.63 Å². The zero-order valence-corrected chi connectivity index (χ0v) is 14.9. The molecule has 25 heavy (non-hydrogen) atoms. The number of likely N-dealkylation sites (tertiary alicyclic amines) is 1. The summed E-state index contributed by atoms with van der Waals surface area (Å²) in [6.45, 7) is 2.32. The number of halogens is 1. The maximum Gasteiger partial charge on any atom is 0.340 e. The van der Waals surface area contributed by atoms with E-state index in [9.17, 15) is 14.7 Å². The molecule has 6 nitrogen and oxygen atoms in total. The van der Waals surface area contributed by atoms with E-state index in [-0.39, 0.29) is 25.0 Å². The highest BCUT2D eigenvalue weighted by Crippen LogP contribution is 2.31. The third-order valence-corrected chi connectivity index (χ3v) is 5.09. The number of rotatable bonds is 4. The third-order valence-electron chi connectivity index (χ3n) is 4.80. The fourth-order valence-corrected chi connectivity index (χ4v) is 3.60. The number of fused-ring (bicyclic) bond motifs is 1. The lowest BCUT2D eigenvalue weighted by atomic mass is 10.0. The number of ether oxygens (including phenoxy) is 1. The van der Waals surface area contributed by atoms with Crippen molar-refractivity contribution >= 4 is 28.5 Å². The largest absolute Gasteiger partial charge is 0.495 e. The van der Waals surface area contributed by atoms with Gasteiger partial charge in [-0.3, -0.25) is 4.79 Å². The molecule has 0 unspecified atom stereocenters. The first-order chi connectivity index (χ1) is 12.0. The quantitative estimate of drug-likeness (QED) is 0.841. The lowest BCUT2D eigenvalue weighted by Crippen LogP contribution is -2.39. The molecule has 0 spiro atoms. The number of hydrogen-bond donors (Lipinski definition) is 1. The van der Waals surface area contributed by atoms with Crippen LogP contribution in [0.1, 0.15) is 24.0 Å². The van der Waals surface area contributed by atoms with E-state index in [4.69, 9.17) is 20.8 Å². The Morgan fingerprint density at radius 1 is 1.48 bits per heavy atom. The lowest BCUT2D eigenvalue weighted by molar-refractivity contribution is -0.132. The SMILES string of the molecule is COc1cc2oc(=O)c(CC(=O)N3CCC[C@@H]3CO)c(C)c2cc1Cl. The summed E-state index contributed by atoms with van der Waals surface area (Å²) in [5.74, 6) is 0.245. The van der Waals surface area contributed by atoms with Crippen molar-refractivity contribution in [2.24, 2.45) is 0 Å². The van der Waals surface area contributed by atoms with Crippen LogP contribution in [-0.4, -0.2) is 42.2 Å². The summed E-state index contributed by atoms with van der Waals surface area (Å²) in [5.41, 5.74) is 0.822. The van der Waals surface area contributed by atoms with E-state index in [0.717, 1.165) is 12.8 Å². The molecule has 2 heterocycles. The van der Waals surface area contributed by atoms with Crippen LogP contribution < -0.4 is 10.4 Å². The fraction of sp³-hybridized carbons (Fsp3) is 0.444. The number of carbonyl (C=O) groups is 1. The smallest absolute Gasteiger partial charge is 0.340 e. The molecule has 0 saturated carbocycles. The van der Waals surface area contributed by atoms with E-state index in [2.05, 4.69) is 0 Å². The maximum absolute atomic E-state index is 12.6. The molecule has 0 aliphatic carbocycles. The van der Waals surface area contributed by atoms with Gasteiger partial charge in [-0.05, 0) is 31.4 Å². The molecule has 1 aliphatic rings. The van der Waals surface area contributed by atoms with Gasteiger partial charge in [0.2, 0.25) is 5.91 Å². The average molecular weight is 366 g/mol. The van der Waals surface area contributed by atoms with Crippen LogP contribution in [0.15, 0.2) is 21.3 Å². The van der Waals surface area contributed by atoms with Gasteiger partial charge in [-0.2, -0.15) is 0 Å². The molecular formula is C18H20ClNO5. The summed E-state index contributed by atoms with van der Waals surface area (Å²) in [6.07, 6.45) is 1.59. The number of aliphatic hydroxyl groups excluding tert-OH is 1. The molecule has 1 aromatic carbocycles. The van der Waals surface area contributed by atoms with Crippen LogP contribution in [0.4, 0.5) is 0 Å². The zero-order chi connectivity index (χ0) is 18.1. The van der Waals surface area contributed by atoms with Gasteiger partial charge in [-0.25, -0.2) is 4.79 Å². The first-order valence-electron chi connectivity index (χ1n) is 8.16. The topological polar surface area (TPSA) is 80.0 Å². The molecule has 0 radical (unpaired) electrons. The molecule has 1 aromatic heterocycles. The van der Waals surface area contributed by atoms with Crippen molar-refractivity contribution in [2.75, 3.05) is 20.3 Å². The number of aliphatic hydroxyl groups is 1. The molecule has 3 rings (SSSR count). The van der Waals surface area contributed by atoms with E-state index in [1.807, 2.05) is 0 Å². The van der Waals surface area contributed by atoms with Crippen LogP contribution in [0.2, 0.25) is 5.02 Å². The Morgan fingerprint density at radius 2 is 2.24 bits per heavy atom. The summed E-state index contributed by atoms with van der Waals surface area (Å²) in [4.78, 5) is 26.6.